The average molecular weight is 267 g/mol. The first kappa shape index (κ1) is 13.8. The molecule has 5 heteroatoms. The normalized spacial score (nSPS) is 16.1. The number of carboxylic acid groups (broad SMARTS) is 1. The number of hydrogen-bond acceptors (Lipinski definition) is 3. The van der Waals surface area contributed by atoms with Gasteiger partial charge >= 0.3 is 5.97 Å². The Hall–Kier alpha value is -1.62. The number of phenolic OH excluding ortho intramolecular Hbond substituents is 1. The van der Waals surface area contributed by atoms with Crippen molar-refractivity contribution in [1.29, 1.82) is 0 Å². The summed E-state index contributed by atoms with van der Waals surface area (Å²) in [5, 5.41) is 18.1. The largest absolute Gasteiger partial charge is 0.505 e. The summed E-state index contributed by atoms with van der Waals surface area (Å²) in [6.07, 6.45) is 4.22. The van der Waals surface area contributed by atoms with Crippen LogP contribution < -0.4 is 0 Å². The van der Waals surface area contributed by atoms with Crippen molar-refractivity contribution in [3.63, 3.8) is 0 Å². The van der Waals surface area contributed by atoms with Crippen LogP contribution in [0.15, 0.2) is 18.2 Å². The van der Waals surface area contributed by atoms with Crippen molar-refractivity contribution in [3.8, 4) is 5.75 Å². The van der Waals surface area contributed by atoms with E-state index < -0.39 is 11.8 Å². The lowest BCUT2D eigenvalue weighted by atomic mass is 10.1. The van der Waals surface area contributed by atoms with Crippen molar-refractivity contribution in [2.24, 2.45) is 0 Å². The average Bonchev–Trinajstić information content (AvgIpc) is 2.86. The number of aliphatic carboxylic acids is 1. The number of benzene rings is 1. The first-order valence-electron chi connectivity index (χ1n) is 6.49. The molecule has 1 aliphatic carbocycles. The lowest BCUT2D eigenvalue weighted by molar-refractivity contribution is -0.139. The van der Waals surface area contributed by atoms with Crippen LogP contribution in [0.3, 0.4) is 0 Å². The molecule has 0 radical (unpaired) electrons. The Balaban J connectivity index is 2.09. The molecule has 104 valence electrons. The molecule has 1 aromatic carbocycles. The number of aromatic hydroxyl groups is 1. The molecule has 2 rings (SSSR count). The van der Waals surface area contributed by atoms with Crippen LogP contribution in [0.5, 0.6) is 5.75 Å². The van der Waals surface area contributed by atoms with Gasteiger partial charge in [-0.15, -0.1) is 0 Å². The molecule has 0 aromatic heterocycles. The van der Waals surface area contributed by atoms with Crippen LogP contribution in [0.4, 0.5) is 4.39 Å². The topological polar surface area (TPSA) is 60.8 Å². The van der Waals surface area contributed by atoms with Crippen molar-refractivity contribution in [1.82, 2.24) is 4.90 Å². The second-order valence-electron chi connectivity index (χ2n) is 5.02. The third-order valence-corrected chi connectivity index (χ3v) is 3.58. The maximum Gasteiger partial charge on any atom is 0.317 e. The highest BCUT2D eigenvalue weighted by Gasteiger charge is 2.24. The first-order chi connectivity index (χ1) is 9.06. The number of halogens is 1. The maximum absolute atomic E-state index is 13.3. The number of carboxylic acids is 1. The van der Waals surface area contributed by atoms with Gasteiger partial charge in [-0.2, -0.15) is 0 Å². The molecular formula is C14H18FNO3. The molecular weight excluding hydrogens is 249 g/mol. The summed E-state index contributed by atoms with van der Waals surface area (Å²) in [7, 11) is 0. The molecule has 1 saturated carbocycles. The Bertz CT molecular complexity index is 458. The van der Waals surface area contributed by atoms with E-state index >= 15 is 0 Å². The summed E-state index contributed by atoms with van der Waals surface area (Å²) in [6.45, 7) is 0.362. The zero-order valence-electron chi connectivity index (χ0n) is 10.7. The van der Waals surface area contributed by atoms with Crippen LogP contribution in [0.25, 0.3) is 0 Å². The fourth-order valence-corrected chi connectivity index (χ4v) is 2.64. The lowest BCUT2D eigenvalue weighted by Gasteiger charge is -2.27. The van der Waals surface area contributed by atoms with Gasteiger partial charge in [0.2, 0.25) is 0 Å². The van der Waals surface area contributed by atoms with E-state index in [1.54, 1.807) is 6.07 Å². The molecule has 0 aliphatic heterocycles. The Morgan fingerprint density at radius 1 is 1.37 bits per heavy atom. The third kappa shape index (κ3) is 3.67. The second-order valence-corrected chi connectivity index (χ2v) is 5.02. The van der Waals surface area contributed by atoms with Gasteiger partial charge in [-0.3, -0.25) is 9.69 Å². The maximum atomic E-state index is 13.3. The molecule has 0 amide bonds. The van der Waals surface area contributed by atoms with E-state index in [1.165, 1.54) is 12.1 Å². The Morgan fingerprint density at radius 2 is 2.05 bits per heavy atom. The van der Waals surface area contributed by atoms with E-state index in [2.05, 4.69) is 0 Å². The molecule has 0 bridgehead atoms. The summed E-state index contributed by atoms with van der Waals surface area (Å²) in [6, 6.07) is 4.45. The third-order valence-electron chi connectivity index (χ3n) is 3.58. The summed E-state index contributed by atoms with van der Waals surface area (Å²) >= 11 is 0. The molecule has 19 heavy (non-hydrogen) atoms. The minimum atomic E-state index is -0.869. The predicted molar refractivity (Wildman–Crippen MR) is 68.4 cm³/mol. The first-order valence-corrected chi connectivity index (χ1v) is 6.49. The zero-order chi connectivity index (χ0) is 13.8. The van der Waals surface area contributed by atoms with Crippen molar-refractivity contribution in [3.05, 3.63) is 29.6 Å². The van der Waals surface area contributed by atoms with Gasteiger partial charge in [-0.25, -0.2) is 4.39 Å². The molecule has 0 heterocycles. The van der Waals surface area contributed by atoms with Crippen molar-refractivity contribution >= 4 is 5.97 Å². The van der Waals surface area contributed by atoms with Gasteiger partial charge in [0, 0.05) is 12.6 Å². The van der Waals surface area contributed by atoms with Gasteiger partial charge in [-0.1, -0.05) is 18.9 Å². The van der Waals surface area contributed by atoms with E-state index in [1.807, 2.05) is 4.90 Å². The smallest absolute Gasteiger partial charge is 0.317 e. The van der Waals surface area contributed by atoms with Crippen molar-refractivity contribution in [2.75, 3.05) is 6.54 Å². The molecule has 0 saturated heterocycles. The zero-order valence-corrected chi connectivity index (χ0v) is 10.7. The van der Waals surface area contributed by atoms with Gasteiger partial charge in [0.05, 0.1) is 6.54 Å². The number of rotatable bonds is 5. The van der Waals surface area contributed by atoms with Crippen LogP contribution in [-0.4, -0.2) is 33.7 Å². The van der Waals surface area contributed by atoms with Crippen LogP contribution in [0.1, 0.15) is 31.2 Å². The number of nitrogens with zero attached hydrogens (tertiary/aromatic N) is 1. The molecule has 0 atom stereocenters. The highest BCUT2D eigenvalue weighted by Crippen LogP contribution is 2.25. The molecule has 0 spiro atoms. The summed E-state index contributed by atoms with van der Waals surface area (Å²) in [5.74, 6) is -1.92. The summed E-state index contributed by atoms with van der Waals surface area (Å²) in [4.78, 5) is 12.8. The monoisotopic (exact) mass is 267 g/mol. The van der Waals surface area contributed by atoms with Gasteiger partial charge in [0.1, 0.15) is 0 Å². The SMILES string of the molecule is O=C(O)CN(Cc1ccc(O)c(F)c1)C1CCCC1. The van der Waals surface area contributed by atoms with Gasteiger partial charge < -0.3 is 10.2 Å². The number of hydrogen-bond donors (Lipinski definition) is 2. The Morgan fingerprint density at radius 3 is 2.63 bits per heavy atom. The minimum absolute atomic E-state index is 0.0346. The van der Waals surface area contributed by atoms with Gasteiger partial charge in [-0.05, 0) is 30.5 Å². The lowest BCUT2D eigenvalue weighted by Crippen LogP contribution is -2.37. The van der Waals surface area contributed by atoms with Gasteiger partial charge in [0.25, 0.3) is 0 Å². The molecule has 2 N–H and O–H groups in total. The van der Waals surface area contributed by atoms with Crippen LogP contribution in [0, 0.1) is 5.82 Å². The van der Waals surface area contributed by atoms with Crippen LogP contribution >= 0.6 is 0 Å². The quantitative estimate of drug-likeness (QED) is 0.859. The fourth-order valence-electron chi connectivity index (χ4n) is 2.64. The second kappa shape index (κ2) is 6.02. The van der Waals surface area contributed by atoms with Crippen LogP contribution in [0.2, 0.25) is 0 Å². The van der Waals surface area contributed by atoms with Crippen molar-refractivity contribution < 1.29 is 19.4 Å². The van der Waals surface area contributed by atoms with E-state index in [4.69, 9.17) is 10.2 Å². The molecule has 1 aromatic rings. The van der Waals surface area contributed by atoms with E-state index in [-0.39, 0.29) is 18.3 Å². The Kier molecular flexibility index (Phi) is 4.37. The molecule has 0 unspecified atom stereocenters. The van der Waals surface area contributed by atoms with Gasteiger partial charge in [0.15, 0.2) is 11.6 Å². The van der Waals surface area contributed by atoms with Crippen LogP contribution in [-0.2, 0) is 11.3 Å². The standard InChI is InChI=1S/C14H18FNO3/c15-12-7-10(5-6-13(12)17)8-16(9-14(18)19)11-3-1-2-4-11/h5-7,11,17H,1-4,8-9H2,(H,18,19). The van der Waals surface area contributed by atoms with E-state index in [9.17, 15) is 9.18 Å². The summed E-state index contributed by atoms with van der Waals surface area (Å²) in [5.41, 5.74) is 0.684. The van der Waals surface area contributed by atoms with E-state index in [0.717, 1.165) is 25.7 Å². The molecule has 4 nitrogen and oxygen atoms in total. The molecule has 1 aliphatic rings. The fraction of sp³-hybridized carbons (Fsp3) is 0.500. The van der Waals surface area contributed by atoms with Crippen molar-refractivity contribution in [2.45, 2.75) is 38.3 Å². The minimum Gasteiger partial charge on any atom is -0.505 e. The highest BCUT2D eigenvalue weighted by atomic mass is 19.1. The number of carbonyl (C=O) groups is 1. The predicted octanol–water partition coefficient (Wildman–Crippen LogP) is 2.36. The number of phenols is 1. The molecule has 1 fully saturated rings. The summed E-state index contributed by atoms with van der Waals surface area (Å²) < 4.78 is 13.3. The highest BCUT2D eigenvalue weighted by molar-refractivity contribution is 5.69. The van der Waals surface area contributed by atoms with E-state index in [0.29, 0.717) is 12.1 Å². The Labute approximate surface area is 111 Å².